The van der Waals surface area contributed by atoms with Crippen LogP contribution in [0.5, 0.6) is 0 Å². The Labute approximate surface area is 183 Å². The lowest BCUT2D eigenvalue weighted by molar-refractivity contribution is -0.114. The number of hydrogen-bond donors (Lipinski definition) is 0. The molecular weight excluding hydrogens is 378 g/mol. The van der Waals surface area contributed by atoms with Crippen molar-refractivity contribution in [3.05, 3.63) is 143 Å². The molecule has 0 aliphatic carbocycles. The highest BCUT2D eigenvalue weighted by molar-refractivity contribution is 5.68. The first kappa shape index (κ1) is 19.5. The van der Waals surface area contributed by atoms with Gasteiger partial charge < -0.3 is 4.79 Å². The molecule has 2 heteroatoms. The van der Waals surface area contributed by atoms with Crippen LogP contribution in [0.1, 0.15) is 33.9 Å². The Morgan fingerprint density at radius 3 is 1.87 bits per heavy atom. The van der Waals surface area contributed by atoms with Crippen molar-refractivity contribution in [1.29, 1.82) is 0 Å². The fourth-order valence-electron chi connectivity index (χ4n) is 5.08. The number of hydrogen-bond acceptors (Lipinski definition) is 2. The minimum absolute atomic E-state index is 0.291. The second-order valence-corrected chi connectivity index (χ2v) is 8.17. The van der Waals surface area contributed by atoms with E-state index in [-0.39, 0.29) is 6.04 Å². The van der Waals surface area contributed by atoms with Gasteiger partial charge in [-0.3, -0.25) is 4.90 Å². The fraction of sp³-hybridized carbons (Fsp3) is 0.138. The summed E-state index contributed by atoms with van der Waals surface area (Å²) in [6.07, 6.45) is 1.91. The number of fused-ring (bicyclic) bond motifs is 1. The van der Waals surface area contributed by atoms with Gasteiger partial charge in [-0.05, 0) is 34.2 Å². The largest absolute Gasteiger partial charge is 0.301 e. The number of nitrogens with zero attached hydrogens (tertiary/aromatic N) is 1. The van der Waals surface area contributed by atoms with Crippen LogP contribution in [0, 0.1) is 0 Å². The highest BCUT2D eigenvalue weighted by Crippen LogP contribution is 2.51. The Hall–Kier alpha value is -3.49. The SMILES string of the molecule is O=CC1c2ccccc2C(Cc2ccccc2)(c2ccccc2)N1Cc1ccccc1. The van der Waals surface area contributed by atoms with Crippen molar-refractivity contribution in [2.45, 2.75) is 24.5 Å². The second-order valence-electron chi connectivity index (χ2n) is 8.17. The van der Waals surface area contributed by atoms with Gasteiger partial charge in [-0.15, -0.1) is 0 Å². The van der Waals surface area contributed by atoms with Crippen LogP contribution in [0.15, 0.2) is 115 Å². The van der Waals surface area contributed by atoms with E-state index in [0.717, 1.165) is 18.3 Å². The molecule has 0 saturated carbocycles. The summed E-state index contributed by atoms with van der Waals surface area (Å²) < 4.78 is 0. The van der Waals surface area contributed by atoms with Crippen molar-refractivity contribution < 1.29 is 4.79 Å². The highest BCUT2D eigenvalue weighted by Gasteiger charge is 2.51. The van der Waals surface area contributed by atoms with Crippen molar-refractivity contribution in [2.24, 2.45) is 0 Å². The van der Waals surface area contributed by atoms with Crippen molar-refractivity contribution in [2.75, 3.05) is 0 Å². The molecule has 1 aliphatic rings. The summed E-state index contributed by atoms with van der Waals surface area (Å²) in [6, 6.07) is 39.9. The third kappa shape index (κ3) is 3.39. The molecule has 0 saturated heterocycles. The van der Waals surface area contributed by atoms with Crippen LogP contribution >= 0.6 is 0 Å². The summed E-state index contributed by atoms with van der Waals surface area (Å²) in [5, 5.41) is 0. The van der Waals surface area contributed by atoms with Crippen LogP contribution in [0.2, 0.25) is 0 Å². The van der Waals surface area contributed by atoms with E-state index in [2.05, 4.69) is 108 Å². The van der Waals surface area contributed by atoms with Gasteiger partial charge in [0.25, 0.3) is 0 Å². The Kier molecular flexibility index (Phi) is 5.23. The van der Waals surface area contributed by atoms with Gasteiger partial charge in [0.15, 0.2) is 0 Å². The van der Waals surface area contributed by atoms with Gasteiger partial charge in [0.2, 0.25) is 0 Å². The number of carbonyl (C=O) groups excluding carboxylic acids is 1. The average Bonchev–Trinajstić information content (AvgIpc) is 3.10. The molecule has 2 unspecified atom stereocenters. The zero-order chi connectivity index (χ0) is 21.1. The van der Waals surface area contributed by atoms with Gasteiger partial charge in [-0.2, -0.15) is 0 Å². The second kappa shape index (κ2) is 8.33. The van der Waals surface area contributed by atoms with Crippen molar-refractivity contribution in [3.8, 4) is 0 Å². The molecule has 152 valence electrons. The van der Waals surface area contributed by atoms with Gasteiger partial charge in [0.1, 0.15) is 6.29 Å². The Balaban J connectivity index is 1.76. The molecule has 2 atom stereocenters. The third-order valence-corrected chi connectivity index (χ3v) is 6.43. The summed E-state index contributed by atoms with van der Waals surface area (Å²) in [7, 11) is 0. The average molecular weight is 404 g/mol. The molecule has 0 aromatic heterocycles. The zero-order valence-electron chi connectivity index (χ0n) is 17.4. The number of carbonyl (C=O) groups is 1. The van der Waals surface area contributed by atoms with Crippen molar-refractivity contribution in [3.63, 3.8) is 0 Å². The number of rotatable bonds is 6. The fourth-order valence-corrected chi connectivity index (χ4v) is 5.08. The molecule has 31 heavy (non-hydrogen) atoms. The van der Waals surface area contributed by atoms with E-state index in [9.17, 15) is 4.79 Å². The molecule has 2 nitrogen and oxygen atoms in total. The van der Waals surface area contributed by atoms with Gasteiger partial charge in [-0.25, -0.2) is 0 Å². The first-order valence-electron chi connectivity index (χ1n) is 10.8. The lowest BCUT2D eigenvalue weighted by Crippen LogP contribution is -2.45. The maximum atomic E-state index is 12.5. The lowest BCUT2D eigenvalue weighted by atomic mass is 9.77. The normalized spacial score (nSPS) is 20.3. The molecule has 0 amide bonds. The van der Waals surface area contributed by atoms with E-state index in [4.69, 9.17) is 0 Å². The maximum Gasteiger partial charge on any atom is 0.141 e. The molecule has 0 fully saturated rings. The standard InChI is InChI=1S/C29H25NO/c31-22-28-26-18-10-11-19-27(26)29(25-16-8-3-9-17-25,20-23-12-4-1-5-13-23)30(28)21-24-14-6-2-7-15-24/h1-19,22,28H,20-21H2. The van der Waals surface area contributed by atoms with E-state index >= 15 is 0 Å². The van der Waals surface area contributed by atoms with E-state index in [1.165, 1.54) is 22.3 Å². The van der Waals surface area contributed by atoms with Crippen LogP contribution in [0.25, 0.3) is 0 Å². The Morgan fingerprint density at radius 1 is 0.677 bits per heavy atom. The summed E-state index contributed by atoms with van der Waals surface area (Å²) in [6.45, 7) is 0.695. The Morgan fingerprint density at radius 2 is 1.23 bits per heavy atom. The number of benzene rings is 4. The van der Waals surface area contributed by atoms with Crippen LogP contribution < -0.4 is 0 Å². The molecule has 0 spiro atoms. The summed E-state index contributed by atoms with van der Waals surface area (Å²) in [4.78, 5) is 14.9. The molecule has 4 aromatic rings. The lowest BCUT2D eigenvalue weighted by Gasteiger charge is -2.42. The molecule has 4 aromatic carbocycles. The highest BCUT2D eigenvalue weighted by atomic mass is 16.1. The summed E-state index contributed by atoms with van der Waals surface area (Å²) in [5.41, 5.74) is 5.57. The summed E-state index contributed by atoms with van der Waals surface area (Å²) in [5.74, 6) is 0. The predicted molar refractivity (Wildman–Crippen MR) is 125 cm³/mol. The minimum atomic E-state index is -0.430. The molecule has 0 bridgehead atoms. The van der Waals surface area contributed by atoms with Crippen LogP contribution in [0.4, 0.5) is 0 Å². The molecule has 1 aliphatic heterocycles. The molecule has 1 heterocycles. The molecule has 0 N–H and O–H groups in total. The van der Waals surface area contributed by atoms with Crippen LogP contribution in [0.3, 0.4) is 0 Å². The van der Waals surface area contributed by atoms with Crippen LogP contribution in [-0.4, -0.2) is 11.2 Å². The summed E-state index contributed by atoms with van der Waals surface area (Å²) >= 11 is 0. The first-order chi connectivity index (χ1) is 15.3. The van der Waals surface area contributed by atoms with Gasteiger partial charge >= 0.3 is 0 Å². The quantitative estimate of drug-likeness (QED) is 0.372. The van der Waals surface area contributed by atoms with Crippen molar-refractivity contribution in [1.82, 2.24) is 4.90 Å². The van der Waals surface area contributed by atoms with Gasteiger partial charge in [0.05, 0.1) is 11.6 Å². The number of aldehydes is 1. The van der Waals surface area contributed by atoms with Gasteiger partial charge in [0, 0.05) is 6.54 Å². The van der Waals surface area contributed by atoms with Gasteiger partial charge in [-0.1, -0.05) is 115 Å². The van der Waals surface area contributed by atoms with E-state index in [1.807, 2.05) is 12.1 Å². The minimum Gasteiger partial charge on any atom is -0.301 e. The molecule has 0 radical (unpaired) electrons. The third-order valence-electron chi connectivity index (χ3n) is 6.43. The van der Waals surface area contributed by atoms with E-state index in [1.54, 1.807) is 0 Å². The van der Waals surface area contributed by atoms with Crippen LogP contribution in [-0.2, 0) is 23.3 Å². The van der Waals surface area contributed by atoms with E-state index in [0.29, 0.717) is 6.54 Å². The smallest absolute Gasteiger partial charge is 0.141 e. The topological polar surface area (TPSA) is 20.3 Å². The first-order valence-corrected chi connectivity index (χ1v) is 10.8. The van der Waals surface area contributed by atoms with E-state index < -0.39 is 5.54 Å². The molecular formula is C29H25NO. The monoisotopic (exact) mass is 403 g/mol. The predicted octanol–water partition coefficient (Wildman–Crippen LogP) is 5.93. The maximum absolute atomic E-state index is 12.5. The Bertz CT molecular complexity index is 1160. The van der Waals surface area contributed by atoms with Crippen molar-refractivity contribution >= 4 is 6.29 Å². The molecule has 5 rings (SSSR count). The zero-order valence-corrected chi connectivity index (χ0v) is 17.4.